The normalized spacial score (nSPS) is 14.9. The molecule has 13 heteroatoms. The number of aromatic nitrogens is 4. The van der Waals surface area contributed by atoms with Crippen LogP contribution in [-0.2, 0) is 30.5 Å². The van der Waals surface area contributed by atoms with Crippen molar-refractivity contribution in [2.75, 3.05) is 6.61 Å². The number of carbonyl (C=O) groups is 1. The van der Waals surface area contributed by atoms with Gasteiger partial charge in [-0.15, -0.1) is 0 Å². The predicted molar refractivity (Wildman–Crippen MR) is 147 cm³/mol. The molecule has 6 rings (SSSR count). The van der Waals surface area contributed by atoms with Gasteiger partial charge < -0.3 is 19.1 Å². The van der Waals surface area contributed by atoms with Crippen molar-refractivity contribution in [3.8, 4) is 17.3 Å². The minimum atomic E-state index is -4.68. The molecule has 0 unspecified atom stereocenters. The number of alkyl halides is 3. The highest BCUT2D eigenvalue weighted by atomic mass is 19.4. The smallest absolute Gasteiger partial charge is 0.416 e. The van der Waals surface area contributed by atoms with Crippen LogP contribution in [-0.4, -0.2) is 43.3 Å². The van der Waals surface area contributed by atoms with E-state index in [1.807, 2.05) is 4.57 Å². The van der Waals surface area contributed by atoms with Gasteiger partial charge in [0.15, 0.2) is 0 Å². The molecule has 0 bridgehead atoms. The minimum absolute atomic E-state index is 0.0244. The largest absolute Gasteiger partial charge is 0.478 e. The third-order valence-corrected chi connectivity index (χ3v) is 7.30. The molecule has 0 amide bonds. The van der Waals surface area contributed by atoms with Crippen LogP contribution >= 0.6 is 0 Å². The van der Waals surface area contributed by atoms with E-state index in [-0.39, 0.29) is 40.9 Å². The van der Waals surface area contributed by atoms with Crippen molar-refractivity contribution < 1.29 is 41.3 Å². The lowest BCUT2D eigenvalue weighted by Crippen LogP contribution is -2.31. The lowest BCUT2D eigenvalue weighted by atomic mass is 10.1. The first-order chi connectivity index (χ1) is 21.0. The number of benzene rings is 3. The molecule has 0 spiro atoms. The van der Waals surface area contributed by atoms with Crippen LogP contribution in [0.1, 0.15) is 39.3 Å². The molecular weight excluding hydrogens is 587 g/mol. The van der Waals surface area contributed by atoms with Crippen molar-refractivity contribution in [1.82, 2.24) is 19.5 Å². The molecule has 226 valence electrons. The number of hydrogen-bond acceptors (Lipinski definition) is 6. The Morgan fingerprint density at radius 3 is 2.52 bits per heavy atom. The zero-order chi connectivity index (χ0) is 31.0. The van der Waals surface area contributed by atoms with Crippen LogP contribution in [0, 0.1) is 11.6 Å². The Balaban J connectivity index is 1.21. The molecule has 44 heavy (non-hydrogen) atoms. The van der Waals surface area contributed by atoms with Gasteiger partial charge in [0.2, 0.25) is 0 Å². The van der Waals surface area contributed by atoms with Crippen LogP contribution in [0.2, 0.25) is 0 Å². The van der Waals surface area contributed by atoms with Crippen LogP contribution in [0.5, 0.6) is 6.01 Å². The number of aromatic carboxylic acids is 1. The average Bonchev–Trinajstić information content (AvgIpc) is 3.29. The molecule has 5 aromatic rings. The van der Waals surface area contributed by atoms with Crippen LogP contribution in [0.15, 0.2) is 66.9 Å². The quantitative estimate of drug-likeness (QED) is 0.192. The first-order valence-electron chi connectivity index (χ1n) is 13.5. The number of halogens is 5. The van der Waals surface area contributed by atoms with Crippen molar-refractivity contribution >= 4 is 17.0 Å². The van der Waals surface area contributed by atoms with E-state index in [0.717, 1.165) is 18.6 Å². The summed E-state index contributed by atoms with van der Waals surface area (Å²) in [4.78, 5) is 24.3. The third-order valence-electron chi connectivity index (χ3n) is 7.30. The average molecular weight is 611 g/mol. The summed E-state index contributed by atoms with van der Waals surface area (Å²) in [7, 11) is 0. The van der Waals surface area contributed by atoms with Gasteiger partial charge in [-0.25, -0.2) is 23.5 Å². The number of hydrogen-bond donors (Lipinski definition) is 1. The first-order valence-corrected chi connectivity index (χ1v) is 13.5. The van der Waals surface area contributed by atoms with Crippen LogP contribution in [0.25, 0.3) is 22.3 Å². The molecule has 3 aromatic carbocycles. The number of carboxylic acid groups (broad SMARTS) is 1. The monoisotopic (exact) mass is 610 g/mol. The maximum Gasteiger partial charge on any atom is 0.416 e. The van der Waals surface area contributed by atoms with E-state index in [9.17, 15) is 27.5 Å². The van der Waals surface area contributed by atoms with Crippen molar-refractivity contribution in [3.63, 3.8) is 0 Å². The molecule has 2 aromatic heterocycles. The highest BCUT2D eigenvalue weighted by molar-refractivity contribution is 5.92. The van der Waals surface area contributed by atoms with Gasteiger partial charge in [0.05, 0.1) is 40.5 Å². The Morgan fingerprint density at radius 2 is 1.84 bits per heavy atom. The van der Waals surface area contributed by atoms with Crippen molar-refractivity contribution in [2.24, 2.45) is 0 Å². The minimum Gasteiger partial charge on any atom is -0.478 e. The number of nitrogens with zero attached hydrogens (tertiary/aromatic N) is 4. The van der Waals surface area contributed by atoms with Gasteiger partial charge in [-0.2, -0.15) is 18.2 Å². The molecule has 0 radical (unpaired) electrons. The van der Waals surface area contributed by atoms with E-state index in [4.69, 9.17) is 9.47 Å². The highest BCUT2D eigenvalue weighted by Gasteiger charge is 2.31. The number of fused-ring (bicyclic) bond motifs is 1. The van der Waals surface area contributed by atoms with E-state index in [0.29, 0.717) is 41.6 Å². The lowest BCUT2D eigenvalue weighted by molar-refractivity contribution is -0.137. The molecule has 8 nitrogen and oxygen atoms in total. The second kappa shape index (κ2) is 11.6. The maximum atomic E-state index is 15.4. The van der Waals surface area contributed by atoms with Gasteiger partial charge in [-0.3, -0.25) is 0 Å². The van der Waals surface area contributed by atoms with Crippen LogP contribution in [0.3, 0.4) is 0 Å². The summed E-state index contributed by atoms with van der Waals surface area (Å²) in [6, 6.07) is 12.7. The molecular formula is C31H23F5N4O4. The van der Waals surface area contributed by atoms with Gasteiger partial charge in [-0.05, 0) is 60.5 Å². The molecule has 0 saturated carbocycles. The fourth-order valence-corrected chi connectivity index (χ4v) is 4.88. The summed E-state index contributed by atoms with van der Waals surface area (Å²) in [5.74, 6) is -2.10. The number of carboxylic acids is 1. The molecule has 1 aliphatic heterocycles. The molecule has 3 heterocycles. The Hall–Kier alpha value is -4.91. The first kappa shape index (κ1) is 29.2. The predicted octanol–water partition coefficient (Wildman–Crippen LogP) is 6.45. The second-order valence-electron chi connectivity index (χ2n) is 10.2. The van der Waals surface area contributed by atoms with E-state index in [2.05, 4.69) is 15.0 Å². The third kappa shape index (κ3) is 6.09. The Kier molecular flexibility index (Phi) is 7.72. The molecule has 1 saturated heterocycles. The van der Waals surface area contributed by atoms with Gasteiger partial charge >= 0.3 is 18.2 Å². The summed E-state index contributed by atoms with van der Waals surface area (Å²) in [6.45, 7) is 0.701. The second-order valence-corrected chi connectivity index (χ2v) is 10.2. The zero-order valence-corrected chi connectivity index (χ0v) is 22.8. The van der Waals surface area contributed by atoms with Crippen LogP contribution < -0.4 is 4.74 Å². The fourth-order valence-electron chi connectivity index (χ4n) is 4.88. The van der Waals surface area contributed by atoms with E-state index < -0.39 is 36.0 Å². The number of rotatable bonds is 9. The van der Waals surface area contributed by atoms with Crippen molar-refractivity contribution in [3.05, 3.63) is 107 Å². The van der Waals surface area contributed by atoms with Gasteiger partial charge in [0.25, 0.3) is 0 Å². The standard InChI is InChI=1S/C31H23F5N4O4/c32-23-14-20(31(34,35)36)4-2-19(23)16-44-30-37-9-7-25(39-30)22-5-1-17(11-24(22)33)12-28-38-26-6-3-18(29(41)42)13-27(26)40(28)15-21-8-10-43-21/h1-7,9,11,13-14,21H,8,10,12,15-16H2,(H,41,42)/t21-/m0/s1. The molecule has 0 aliphatic carbocycles. The summed E-state index contributed by atoms with van der Waals surface area (Å²) < 4.78 is 80.9. The number of imidazole rings is 1. The van der Waals surface area contributed by atoms with E-state index in [1.54, 1.807) is 18.2 Å². The maximum absolute atomic E-state index is 15.4. The molecule has 1 fully saturated rings. The van der Waals surface area contributed by atoms with Crippen molar-refractivity contribution in [2.45, 2.75) is 38.3 Å². The number of ether oxygens (including phenoxy) is 2. The Bertz CT molecular complexity index is 1870. The van der Waals surface area contributed by atoms with Crippen molar-refractivity contribution in [1.29, 1.82) is 0 Å². The SMILES string of the molecule is O=C(O)c1ccc2nc(Cc3ccc(-c4ccnc(OCc5ccc(C(F)(F)F)cc5F)n4)c(F)c3)n(C[C@@H]3CCO3)c2c1. The van der Waals surface area contributed by atoms with Gasteiger partial charge in [-0.1, -0.05) is 12.1 Å². The highest BCUT2D eigenvalue weighted by Crippen LogP contribution is 2.31. The van der Waals surface area contributed by atoms with E-state index >= 15 is 4.39 Å². The topological polar surface area (TPSA) is 99.4 Å². The zero-order valence-electron chi connectivity index (χ0n) is 22.8. The summed E-state index contributed by atoms with van der Waals surface area (Å²) in [5.41, 5.74) is 1.09. The Labute approximate surface area is 246 Å². The summed E-state index contributed by atoms with van der Waals surface area (Å²) in [5, 5.41) is 9.45. The molecule has 1 N–H and O–H groups in total. The lowest BCUT2D eigenvalue weighted by Gasteiger charge is -2.27. The Morgan fingerprint density at radius 1 is 1.02 bits per heavy atom. The fraction of sp³-hybridized carbons (Fsp3) is 0.226. The summed E-state index contributed by atoms with van der Waals surface area (Å²) >= 11 is 0. The van der Waals surface area contributed by atoms with E-state index in [1.165, 1.54) is 30.5 Å². The van der Waals surface area contributed by atoms with Crippen LogP contribution in [0.4, 0.5) is 22.0 Å². The summed E-state index contributed by atoms with van der Waals surface area (Å²) in [6.07, 6.45) is -2.25. The molecule has 1 atom stereocenters. The molecule has 1 aliphatic rings. The van der Waals surface area contributed by atoms with Gasteiger partial charge in [0, 0.05) is 30.4 Å². The van der Waals surface area contributed by atoms with Gasteiger partial charge in [0.1, 0.15) is 24.1 Å².